The Morgan fingerprint density at radius 1 is 1.19 bits per heavy atom. The summed E-state index contributed by atoms with van der Waals surface area (Å²) in [4.78, 5) is 41.7. The predicted octanol–water partition coefficient (Wildman–Crippen LogP) is 0.925. The van der Waals surface area contributed by atoms with Gasteiger partial charge in [0, 0.05) is 32.2 Å². The average molecular weight is 393 g/mol. The number of hydrogen-bond acceptors (Lipinski definition) is 5. The van der Waals surface area contributed by atoms with E-state index in [1.54, 1.807) is 11.0 Å². The molecule has 3 amide bonds. The average Bonchev–Trinajstić information content (AvgIpc) is 3.27. The molecule has 1 atom stereocenters. The van der Waals surface area contributed by atoms with Gasteiger partial charge in [0.1, 0.15) is 6.04 Å². The van der Waals surface area contributed by atoms with Gasteiger partial charge in [-0.3, -0.25) is 19.3 Å². The molecule has 1 saturated carbocycles. The van der Waals surface area contributed by atoms with Gasteiger partial charge in [0.15, 0.2) is 0 Å². The Morgan fingerprint density at radius 3 is 2.44 bits per heavy atom. The lowest BCUT2D eigenvalue weighted by molar-refractivity contribution is -0.136. The van der Waals surface area contributed by atoms with Crippen molar-refractivity contribution in [2.45, 2.75) is 38.8 Å². The summed E-state index contributed by atoms with van der Waals surface area (Å²) in [5.41, 5.74) is 0. The fourth-order valence-electron chi connectivity index (χ4n) is 3.16. The molecule has 1 aromatic rings. The van der Waals surface area contributed by atoms with E-state index in [2.05, 4.69) is 15.5 Å². The third-order valence-corrected chi connectivity index (χ3v) is 5.83. The minimum atomic E-state index is -0.538. The van der Waals surface area contributed by atoms with Crippen LogP contribution < -0.4 is 10.6 Å². The molecule has 2 heterocycles. The zero-order valence-corrected chi connectivity index (χ0v) is 16.8. The number of piperazine rings is 1. The molecule has 1 saturated heterocycles. The fourth-order valence-corrected chi connectivity index (χ4v) is 3.79. The minimum absolute atomic E-state index is 0.00348. The van der Waals surface area contributed by atoms with E-state index in [0.29, 0.717) is 43.6 Å². The van der Waals surface area contributed by atoms with E-state index in [4.69, 9.17) is 0 Å². The van der Waals surface area contributed by atoms with Crippen molar-refractivity contribution in [2.75, 3.05) is 32.7 Å². The fraction of sp³-hybridized carbons (Fsp3) is 0.632. The second-order valence-corrected chi connectivity index (χ2v) is 8.56. The maximum Gasteiger partial charge on any atom is 0.262 e. The number of carbonyl (C=O) groups excluding carboxylic acids is 3. The lowest BCUT2D eigenvalue weighted by Crippen LogP contribution is -2.57. The number of rotatable bonds is 7. The first-order valence-electron chi connectivity index (χ1n) is 9.59. The quantitative estimate of drug-likeness (QED) is 0.723. The smallest absolute Gasteiger partial charge is 0.262 e. The predicted molar refractivity (Wildman–Crippen MR) is 105 cm³/mol. The van der Waals surface area contributed by atoms with Crippen LogP contribution in [0.1, 0.15) is 36.4 Å². The second-order valence-electron chi connectivity index (χ2n) is 7.62. The Balaban J connectivity index is 1.49. The Bertz CT molecular complexity index is 665. The molecule has 0 bridgehead atoms. The van der Waals surface area contributed by atoms with Crippen molar-refractivity contribution in [1.82, 2.24) is 20.4 Å². The third kappa shape index (κ3) is 5.52. The second kappa shape index (κ2) is 8.84. The first-order valence-corrected chi connectivity index (χ1v) is 10.5. The lowest BCUT2D eigenvalue weighted by Gasteiger charge is -2.37. The van der Waals surface area contributed by atoms with Gasteiger partial charge in [-0.2, -0.15) is 0 Å². The van der Waals surface area contributed by atoms with Crippen molar-refractivity contribution in [3.8, 4) is 0 Å². The number of thiophene rings is 1. The van der Waals surface area contributed by atoms with Crippen LogP contribution in [0, 0.1) is 5.92 Å². The Hall–Kier alpha value is -1.93. The number of hydrogen-bond donors (Lipinski definition) is 2. The van der Waals surface area contributed by atoms with E-state index >= 15 is 0 Å². The van der Waals surface area contributed by atoms with E-state index in [9.17, 15) is 14.4 Å². The molecule has 2 N–H and O–H groups in total. The number of nitrogens with one attached hydrogen (secondary N) is 2. The van der Waals surface area contributed by atoms with Gasteiger partial charge in [0.25, 0.3) is 5.91 Å². The van der Waals surface area contributed by atoms with Gasteiger partial charge in [-0.15, -0.1) is 11.3 Å². The van der Waals surface area contributed by atoms with Crippen LogP contribution in [0.4, 0.5) is 0 Å². The summed E-state index contributed by atoms with van der Waals surface area (Å²) >= 11 is 1.36. The van der Waals surface area contributed by atoms with E-state index in [-0.39, 0.29) is 23.6 Å². The molecule has 1 aromatic heterocycles. The largest absolute Gasteiger partial charge is 0.352 e. The van der Waals surface area contributed by atoms with Gasteiger partial charge in [0.05, 0.1) is 11.4 Å². The van der Waals surface area contributed by atoms with Crippen LogP contribution in [-0.4, -0.2) is 72.3 Å². The van der Waals surface area contributed by atoms with Crippen molar-refractivity contribution >= 4 is 29.1 Å². The Labute approximate surface area is 164 Å². The SMILES string of the molecule is CC(C)[C@H](NC(=O)c1cccs1)C(=O)N1CCN(CC(=O)NC2CC2)CC1. The van der Waals surface area contributed by atoms with E-state index < -0.39 is 6.04 Å². The normalized spacial score (nSPS) is 19.0. The lowest BCUT2D eigenvalue weighted by atomic mass is 10.0. The maximum atomic E-state index is 12.9. The van der Waals surface area contributed by atoms with E-state index in [0.717, 1.165) is 12.8 Å². The zero-order chi connectivity index (χ0) is 19.4. The Kier molecular flexibility index (Phi) is 6.49. The van der Waals surface area contributed by atoms with Crippen LogP contribution in [0.3, 0.4) is 0 Å². The number of nitrogens with zero attached hydrogens (tertiary/aromatic N) is 2. The molecule has 0 aromatic carbocycles. The summed E-state index contributed by atoms with van der Waals surface area (Å²) in [6.45, 7) is 6.77. The summed E-state index contributed by atoms with van der Waals surface area (Å²) in [6, 6.07) is 3.42. The molecular weight excluding hydrogens is 364 g/mol. The molecule has 0 spiro atoms. The molecular formula is C19H28N4O3S. The maximum absolute atomic E-state index is 12.9. The highest BCUT2D eigenvalue weighted by molar-refractivity contribution is 7.12. The van der Waals surface area contributed by atoms with Crippen LogP contribution in [0.5, 0.6) is 0 Å². The van der Waals surface area contributed by atoms with Gasteiger partial charge in [-0.05, 0) is 30.2 Å². The van der Waals surface area contributed by atoms with Crippen molar-refractivity contribution in [1.29, 1.82) is 0 Å². The summed E-state index contributed by atoms with van der Waals surface area (Å²) < 4.78 is 0. The molecule has 148 valence electrons. The van der Waals surface area contributed by atoms with Crippen molar-refractivity contribution in [3.63, 3.8) is 0 Å². The van der Waals surface area contributed by atoms with Crippen molar-refractivity contribution in [2.24, 2.45) is 5.92 Å². The van der Waals surface area contributed by atoms with Crippen molar-refractivity contribution < 1.29 is 14.4 Å². The van der Waals surface area contributed by atoms with Gasteiger partial charge in [0.2, 0.25) is 11.8 Å². The summed E-state index contributed by atoms with van der Waals surface area (Å²) in [7, 11) is 0. The summed E-state index contributed by atoms with van der Waals surface area (Å²) in [5, 5.41) is 7.73. The monoisotopic (exact) mass is 392 g/mol. The van der Waals surface area contributed by atoms with Crippen LogP contribution in [0.2, 0.25) is 0 Å². The van der Waals surface area contributed by atoms with Gasteiger partial charge in [-0.1, -0.05) is 19.9 Å². The molecule has 8 heteroatoms. The van der Waals surface area contributed by atoms with Gasteiger partial charge in [-0.25, -0.2) is 0 Å². The highest BCUT2D eigenvalue weighted by atomic mass is 32.1. The number of carbonyl (C=O) groups is 3. The molecule has 7 nitrogen and oxygen atoms in total. The van der Waals surface area contributed by atoms with Gasteiger partial charge >= 0.3 is 0 Å². The molecule has 1 aliphatic carbocycles. The van der Waals surface area contributed by atoms with Crippen LogP contribution in [0.15, 0.2) is 17.5 Å². The molecule has 27 heavy (non-hydrogen) atoms. The van der Waals surface area contributed by atoms with Crippen LogP contribution >= 0.6 is 11.3 Å². The highest BCUT2D eigenvalue weighted by Crippen LogP contribution is 2.18. The standard InChI is InChI=1S/C19H28N4O3S/c1-13(2)17(21-18(25)15-4-3-11-27-15)19(26)23-9-7-22(8-10-23)12-16(24)20-14-5-6-14/h3-4,11,13-14,17H,5-10,12H2,1-2H3,(H,20,24)(H,21,25)/t17-/m0/s1. The minimum Gasteiger partial charge on any atom is -0.352 e. The Morgan fingerprint density at radius 2 is 1.89 bits per heavy atom. The van der Waals surface area contributed by atoms with Crippen LogP contribution in [0.25, 0.3) is 0 Å². The molecule has 2 aliphatic rings. The molecule has 0 radical (unpaired) electrons. The van der Waals surface area contributed by atoms with E-state index in [1.807, 2.05) is 25.3 Å². The zero-order valence-electron chi connectivity index (χ0n) is 15.9. The summed E-state index contributed by atoms with van der Waals surface area (Å²) in [5.74, 6) is -0.172. The molecule has 1 aliphatic heterocycles. The first kappa shape index (κ1) is 19.8. The topological polar surface area (TPSA) is 81.8 Å². The van der Waals surface area contributed by atoms with E-state index in [1.165, 1.54) is 11.3 Å². The van der Waals surface area contributed by atoms with Crippen LogP contribution in [-0.2, 0) is 9.59 Å². The summed E-state index contributed by atoms with van der Waals surface area (Å²) in [6.07, 6.45) is 2.17. The number of amides is 3. The molecule has 0 unspecified atom stereocenters. The van der Waals surface area contributed by atoms with Crippen molar-refractivity contribution in [3.05, 3.63) is 22.4 Å². The molecule has 3 rings (SSSR count). The first-order chi connectivity index (χ1) is 12.9. The third-order valence-electron chi connectivity index (χ3n) is 4.96. The van der Waals surface area contributed by atoms with Gasteiger partial charge < -0.3 is 15.5 Å². The highest BCUT2D eigenvalue weighted by Gasteiger charge is 2.32. The molecule has 2 fully saturated rings.